The van der Waals surface area contributed by atoms with Gasteiger partial charge >= 0.3 is 0 Å². The number of benzene rings is 1. The number of hydrogen-bond donors (Lipinski definition) is 3. The van der Waals surface area contributed by atoms with Gasteiger partial charge in [0, 0.05) is 31.4 Å². The van der Waals surface area contributed by atoms with Gasteiger partial charge in [-0.25, -0.2) is 4.98 Å². The van der Waals surface area contributed by atoms with E-state index in [-0.39, 0.29) is 18.0 Å². The Kier molecular flexibility index (Phi) is 5.31. The monoisotopic (exact) mass is 390 g/mol. The molecule has 1 amide bonds. The number of nitrogens with one attached hydrogen (secondary N) is 2. The van der Waals surface area contributed by atoms with E-state index in [9.17, 15) is 4.79 Å². The van der Waals surface area contributed by atoms with Crippen molar-refractivity contribution in [3.8, 4) is 11.1 Å². The molecule has 7 heteroatoms. The van der Waals surface area contributed by atoms with Gasteiger partial charge in [0.15, 0.2) is 11.5 Å². The Morgan fingerprint density at radius 1 is 1.31 bits per heavy atom. The summed E-state index contributed by atoms with van der Waals surface area (Å²) in [5.41, 5.74) is 10.1. The largest absolute Gasteiger partial charge is 0.354 e. The number of carbonyl (C=O) groups excluding carboxylic acids is 1. The van der Waals surface area contributed by atoms with Crippen molar-refractivity contribution in [2.45, 2.75) is 31.8 Å². The number of pyridine rings is 1. The fourth-order valence-corrected chi connectivity index (χ4v) is 3.87. The van der Waals surface area contributed by atoms with Crippen molar-refractivity contribution in [1.29, 1.82) is 0 Å². The lowest BCUT2D eigenvalue weighted by molar-refractivity contribution is -0.117. The highest BCUT2D eigenvalue weighted by Crippen LogP contribution is 2.34. The summed E-state index contributed by atoms with van der Waals surface area (Å²) >= 11 is 0. The topological polar surface area (TPSA) is 99.9 Å². The zero-order valence-electron chi connectivity index (χ0n) is 16.6. The Morgan fingerprint density at radius 2 is 2.03 bits per heavy atom. The summed E-state index contributed by atoms with van der Waals surface area (Å²) in [6, 6.07) is 10.5. The molecular formula is C22H26N6O. The molecule has 150 valence electrons. The van der Waals surface area contributed by atoms with Crippen molar-refractivity contribution in [1.82, 2.24) is 20.5 Å². The fraction of sp³-hybridized carbons (Fsp3) is 0.318. The smallest absolute Gasteiger partial charge is 0.243 e. The fourth-order valence-electron chi connectivity index (χ4n) is 3.87. The van der Waals surface area contributed by atoms with E-state index < -0.39 is 0 Å². The molecule has 0 spiro atoms. The summed E-state index contributed by atoms with van der Waals surface area (Å²) in [6.45, 7) is 7.14. The number of amides is 1. The van der Waals surface area contributed by atoms with Gasteiger partial charge in [-0.2, -0.15) is 5.10 Å². The minimum absolute atomic E-state index is 0.00821. The summed E-state index contributed by atoms with van der Waals surface area (Å²) in [5.74, 6) is 0.795. The SMILES string of the molecule is C=CC(=O)NC1CCN(c2n[nH]c3nccc(-c4ccc([C@@H](C)N)cc4)c23)CC1. The minimum atomic E-state index is -0.115. The number of rotatable bonds is 5. The van der Waals surface area contributed by atoms with Crippen LogP contribution in [0.5, 0.6) is 0 Å². The second-order valence-corrected chi connectivity index (χ2v) is 7.51. The molecular weight excluding hydrogens is 364 g/mol. The highest BCUT2D eigenvalue weighted by Gasteiger charge is 2.24. The molecule has 29 heavy (non-hydrogen) atoms. The first-order valence-electron chi connectivity index (χ1n) is 9.93. The molecule has 4 N–H and O–H groups in total. The summed E-state index contributed by atoms with van der Waals surface area (Å²) < 4.78 is 0. The standard InChI is InChI=1S/C22H26N6O/c1-3-19(29)25-17-9-12-28(13-10-17)22-20-18(8-11-24-21(20)26-27-22)16-6-4-15(5-7-16)14(2)23/h3-8,11,14,17H,1,9-10,12-13,23H2,2H3,(H,25,29)(H,24,26,27)/t14-/m1/s1. The lowest BCUT2D eigenvalue weighted by Crippen LogP contribution is -2.44. The van der Waals surface area contributed by atoms with Crippen molar-refractivity contribution in [3.05, 3.63) is 54.7 Å². The Hall–Kier alpha value is -3.19. The van der Waals surface area contributed by atoms with Crippen LogP contribution in [0.2, 0.25) is 0 Å². The van der Waals surface area contributed by atoms with Gasteiger partial charge in [-0.1, -0.05) is 30.8 Å². The maximum atomic E-state index is 11.6. The van der Waals surface area contributed by atoms with Crippen LogP contribution in [0.25, 0.3) is 22.2 Å². The van der Waals surface area contributed by atoms with Crippen molar-refractivity contribution < 1.29 is 4.79 Å². The van der Waals surface area contributed by atoms with Crippen LogP contribution in [0.4, 0.5) is 5.82 Å². The second kappa shape index (κ2) is 8.05. The lowest BCUT2D eigenvalue weighted by Gasteiger charge is -2.32. The first-order chi connectivity index (χ1) is 14.1. The van der Waals surface area contributed by atoms with E-state index in [4.69, 9.17) is 5.73 Å². The highest BCUT2D eigenvalue weighted by molar-refractivity contribution is 6.00. The number of nitrogens with two attached hydrogens (primary N) is 1. The van der Waals surface area contributed by atoms with Gasteiger partial charge in [-0.15, -0.1) is 0 Å². The minimum Gasteiger partial charge on any atom is -0.354 e. The molecule has 1 aromatic carbocycles. The van der Waals surface area contributed by atoms with Crippen LogP contribution in [0, 0.1) is 0 Å². The van der Waals surface area contributed by atoms with Gasteiger partial charge in [0.2, 0.25) is 5.91 Å². The molecule has 0 aliphatic carbocycles. The molecule has 1 aliphatic rings. The number of aromatic nitrogens is 3. The normalized spacial score (nSPS) is 16.0. The average molecular weight is 390 g/mol. The number of carbonyl (C=O) groups is 1. The molecule has 0 saturated carbocycles. The zero-order chi connectivity index (χ0) is 20.4. The molecule has 3 heterocycles. The molecule has 2 aromatic heterocycles. The van der Waals surface area contributed by atoms with Gasteiger partial charge in [-0.05, 0) is 48.6 Å². The van der Waals surface area contributed by atoms with E-state index in [1.807, 2.05) is 13.0 Å². The third-order valence-electron chi connectivity index (χ3n) is 5.52. The van der Waals surface area contributed by atoms with E-state index in [0.717, 1.165) is 59.5 Å². The molecule has 1 aliphatic heterocycles. The maximum absolute atomic E-state index is 11.6. The molecule has 1 saturated heterocycles. The zero-order valence-corrected chi connectivity index (χ0v) is 16.6. The van der Waals surface area contributed by atoms with E-state index in [2.05, 4.69) is 56.2 Å². The molecule has 0 unspecified atom stereocenters. The average Bonchev–Trinajstić information content (AvgIpc) is 3.18. The highest BCUT2D eigenvalue weighted by atomic mass is 16.1. The predicted octanol–water partition coefficient (Wildman–Crippen LogP) is 2.92. The molecule has 3 aromatic rings. The summed E-state index contributed by atoms with van der Waals surface area (Å²) in [6.07, 6.45) is 4.86. The van der Waals surface area contributed by atoms with Gasteiger partial charge < -0.3 is 16.0 Å². The van der Waals surface area contributed by atoms with E-state index in [1.54, 1.807) is 6.20 Å². The van der Waals surface area contributed by atoms with E-state index >= 15 is 0 Å². The third-order valence-corrected chi connectivity index (χ3v) is 5.52. The number of hydrogen-bond acceptors (Lipinski definition) is 5. The van der Waals surface area contributed by atoms with Gasteiger partial charge in [0.05, 0.1) is 5.39 Å². The summed E-state index contributed by atoms with van der Waals surface area (Å²) in [7, 11) is 0. The first kappa shape index (κ1) is 19.1. The van der Waals surface area contributed by atoms with Crippen LogP contribution in [-0.2, 0) is 4.79 Å². The number of H-pyrrole nitrogens is 1. The Morgan fingerprint density at radius 3 is 2.69 bits per heavy atom. The van der Waals surface area contributed by atoms with Crippen LogP contribution in [0.15, 0.2) is 49.2 Å². The number of fused-ring (bicyclic) bond motifs is 1. The Labute approximate surface area is 170 Å². The predicted molar refractivity (Wildman–Crippen MR) is 116 cm³/mol. The van der Waals surface area contributed by atoms with Crippen molar-refractivity contribution in [2.75, 3.05) is 18.0 Å². The number of anilines is 1. The lowest BCUT2D eigenvalue weighted by atomic mass is 9.99. The first-order valence-corrected chi connectivity index (χ1v) is 9.93. The van der Waals surface area contributed by atoms with Gasteiger partial charge in [-0.3, -0.25) is 9.89 Å². The molecule has 0 bridgehead atoms. The summed E-state index contributed by atoms with van der Waals surface area (Å²) in [5, 5.41) is 11.7. The summed E-state index contributed by atoms with van der Waals surface area (Å²) in [4.78, 5) is 18.3. The van der Waals surface area contributed by atoms with E-state index in [0.29, 0.717) is 0 Å². The maximum Gasteiger partial charge on any atom is 0.243 e. The van der Waals surface area contributed by atoms with Crippen LogP contribution < -0.4 is 16.0 Å². The number of aromatic amines is 1. The third kappa shape index (κ3) is 3.86. The van der Waals surface area contributed by atoms with Crippen LogP contribution in [-0.4, -0.2) is 40.2 Å². The van der Waals surface area contributed by atoms with Crippen LogP contribution >= 0.6 is 0 Å². The molecule has 1 fully saturated rings. The molecule has 1 atom stereocenters. The van der Waals surface area contributed by atoms with E-state index in [1.165, 1.54) is 6.08 Å². The molecule has 7 nitrogen and oxygen atoms in total. The quantitative estimate of drug-likeness (QED) is 0.582. The van der Waals surface area contributed by atoms with Crippen LogP contribution in [0.3, 0.4) is 0 Å². The van der Waals surface area contributed by atoms with Crippen molar-refractivity contribution >= 4 is 22.8 Å². The Balaban J connectivity index is 1.62. The number of piperidine rings is 1. The van der Waals surface area contributed by atoms with Crippen LogP contribution in [0.1, 0.15) is 31.4 Å². The van der Waals surface area contributed by atoms with Crippen molar-refractivity contribution in [2.24, 2.45) is 5.73 Å². The second-order valence-electron chi connectivity index (χ2n) is 7.51. The Bertz CT molecular complexity index is 1020. The molecule has 4 rings (SSSR count). The van der Waals surface area contributed by atoms with Gasteiger partial charge in [0.1, 0.15) is 0 Å². The van der Waals surface area contributed by atoms with Gasteiger partial charge in [0.25, 0.3) is 0 Å². The van der Waals surface area contributed by atoms with Crippen molar-refractivity contribution in [3.63, 3.8) is 0 Å². The molecule has 0 radical (unpaired) electrons. The number of nitrogens with zero attached hydrogens (tertiary/aromatic N) is 3.